The standard InChI is InChI=1S/C10H18N4O/c1-8(4-11)14(9-2-3-15-7-9)10-5-12-13-6-10/h5-6,8-9H,2-4,7,11H2,1H3,(H,12,13). The Hall–Kier alpha value is -1.07. The molecule has 0 radical (unpaired) electrons. The minimum absolute atomic E-state index is 0.314. The lowest BCUT2D eigenvalue weighted by atomic mass is 10.1. The molecule has 3 N–H and O–H groups in total. The van der Waals surface area contributed by atoms with Gasteiger partial charge >= 0.3 is 0 Å². The van der Waals surface area contributed by atoms with E-state index in [0.29, 0.717) is 18.6 Å². The smallest absolute Gasteiger partial charge is 0.0755 e. The number of nitrogens with zero attached hydrogens (tertiary/aromatic N) is 2. The third-order valence-electron chi connectivity index (χ3n) is 2.90. The van der Waals surface area contributed by atoms with Gasteiger partial charge in [0.15, 0.2) is 0 Å². The van der Waals surface area contributed by atoms with E-state index >= 15 is 0 Å². The molecule has 5 heteroatoms. The summed E-state index contributed by atoms with van der Waals surface area (Å²) in [6.45, 7) is 4.40. The molecule has 0 aromatic carbocycles. The molecule has 1 aliphatic rings. The van der Waals surface area contributed by atoms with E-state index in [1.54, 1.807) is 0 Å². The van der Waals surface area contributed by atoms with Crippen LogP contribution in [-0.4, -0.2) is 42.0 Å². The summed E-state index contributed by atoms with van der Waals surface area (Å²) in [6, 6.07) is 0.746. The lowest BCUT2D eigenvalue weighted by Crippen LogP contribution is -2.45. The fraction of sp³-hybridized carbons (Fsp3) is 0.700. The Bertz CT molecular complexity index is 282. The van der Waals surface area contributed by atoms with Crippen molar-refractivity contribution in [3.63, 3.8) is 0 Å². The minimum atomic E-state index is 0.314. The minimum Gasteiger partial charge on any atom is -0.379 e. The maximum Gasteiger partial charge on any atom is 0.0755 e. The van der Waals surface area contributed by atoms with Crippen LogP contribution in [0.2, 0.25) is 0 Å². The summed E-state index contributed by atoms with van der Waals surface area (Å²) in [7, 11) is 0. The zero-order valence-electron chi connectivity index (χ0n) is 9.02. The Balaban J connectivity index is 2.15. The summed E-state index contributed by atoms with van der Waals surface area (Å²) in [6.07, 6.45) is 4.81. The van der Waals surface area contributed by atoms with Gasteiger partial charge in [0.1, 0.15) is 0 Å². The van der Waals surface area contributed by atoms with E-state index in [0.717, 1.165) is 25.3 Å². The monoisotopic (exact) mass is 210 g/mol. The Morgan fingerprint density at radius 3 is 3.20 bits per heavy atom. The maximum absolute atomic E-state index is 5.73. The van der Waals surface area contributed by atoms with E-state index in [1.807, 2.05) is 12.4 Å². The van der Waals surface area contributed by atoms with Crippen LogP contribution in [0.1, 0.15) is 13.3 Å². The molecule has 0 spiro atoms. The van der Waals surface area contributed by atoms with Crippen molar-refractivity contribution in [1.82, 2.24) is 10.2 Å². The van der Waals surface area contributed by atoms with Crippen LogP contribution in [0.15, 0.2) is 12.4 Å². The van der Waals surface area contributed by atoms with Crippen LogP contribution in [0.25, 0.3) is 0 Å². The van der Waals surface area contributed by atoms with Crippen molar-refractivity contribution in [2.45, 2.75) is 25.4 Å². The highest BCUT2D eigenvalue weighted by Crippen LogP contribution is 2.22. The average molecular weight is 210 g/mol. The number of anilines is 1. The van der Waals surface area contributed by atoms with Crippen molar-refractivity contribution in [3.05, 3.63) is 12.4 Å². The van der Waals surface area contributed by atoms with E-state index in [4.69, 9.17) is 10.5 Å². The molecular weight excluding hydrogens is 192 g/mol. The topological polar surface area (TPSA) is 67.2 Å². The summed E-state index contributed by atoms with van der Waals surface area (Å²) in [5.74, 6) is 0. The molecule has 0 amide bonds. The highest BCUT2D eigenvalue weighted by Gasteiger charge is 2.27. The van der Waals surface area contributed by atoms with Gasteiger partial charge < -0.3 is 15.4 Å². The number of nitrogens with two attached hydrogens (primary N) is 1. The molecule has 0 aliphatic carbocycles. The van der Waals surface area contributed by atoms with Gasteiger partial charge in [0.05, 0.1) is 24.5 Å². The molecule has 2 unspecified atom stereocenters. The molecule has 5 nitrogen and oxygen atoms in total. The summed E-state index contributed by atoms with van der Waals surface area (Å²) in [5.41, 5.74) is 6.83. The number of hydrogen-bond acceptors (Lipinski definition) is 4. The van der Waals surface area contributed by atoms with Crippen LogP contribution in [0.4, 0.5) is 5.69 Å². The van der Waals surface area contributed by atoms with Gasteiger partial charge in [0.2, 0.25) is 0 Å². The second kappa shape index (κ2) is 4.63. The molecule has 2 heterocycles. The predicted octanol–water partition coefficient (Wildman–Crippen LogP) is 0.352. The van der Waals surface area contributed by atoms with Crippen molar-refractivity contribution in [2.75, 3.05) is 24.7 Å². The van der Waals surface area contributed by atoms with Crippen LogP contribution in [0.3, 0.4) is 0 Å². The third-order valence-corrected chi connectivity index (χ3v) is 2.90. The van der Waals surface area contributed by atoms with Gasteiger partial charge in [-0.15, -0.1) is 0 Å². The number of H-pyrrole nitrogens is 1. The summed E-state index contributed by atoms with van der Waals surface area (Å²) < 4.78 is 5.42. The number of rotatable bonds is 4. The first kappa shape index (κ1) is 10.4. The van der Waals surface area contributed by atoms with Crippen molar-refractivity contribution in [2.24, 2.45) is 5.73 Å². The number of ether oxygens (including phenoxy) is 1. The van der Waals surface area contributed by atoms with Gasteiger partial charge in [-0.2, -0.15) is 5.10 Å². The van der Waals surface area contributed by atoms with E-state index in [1.165, 1.54) is 0 Å². The molecule has 1 saturated heterocycles. The predicted molar refractivity (Wildman–Crippen MR) is 58.8 cm³/mol. The molecule has 1 aromatic rings. The fourth-order valence-corrected chi connectivity index (χ4v) is 2.07. The molecule has 0 saturated carbocycles. The molecule has 15 heavy (non-hydrogen) atoms. The van der Waals surface area contributed by atoms with Gasteiger partial charge in [-0.25, -0.2) is 0 Å². The number of aromatic nitrogens is 2. The van der Waals surface area contributed by atoms with Gasteiger partial charge in [0, 0.05) is 25.4 Å². The first-order chi connectivity index (χ1) is 7.33. The molecule has 0 bridgehead atoms. The number of nitrogens with one attached hydrogen (secondary N) is 1. The maximum atomic E-state index is 5.73. The van der Waals surface area contributed by atoms with Gasteiger partial charge in [0.25, 0.3) is 0 Å². The Morgan fingerprint density at radius 1 is 1.80 bits per heavy atom. The zero-order valence-corrected chi connectivity index (χ0v) is 9.02. The van der Waals surface area contributed by atoms with Gasteiger partial charge in [-0.1, -0.05) is 0 Å². The lowest BCUT2D eigenvalue weighted by molar-refractivity contribution is 0.192. The summed E-state index contributed by atoms with van der Waals surface area (Å²) in [5, 5.41) is 6.82. The molecule has 1 aliphatic heterocycles. The van der Waals surface area contributed by atoms with Gasteiger partial charge in [-0.3, -0.25) is 5.10 Å². The van der Waals surface area contributed by atoms with E-state index in [2.05, 4.69) is 22.0 Å². The van der Waals surface area contributed by atoms with Crippen molar-refractivity contribution in [3.8, 4) is 0 Å². The first-order valence-electron chi connectivity index (χ1n) is 5.38. The normalized spacial score (nSPS) is 22.9. The van der Waals surface area contributed by atoms with Crippen LogP contribution in [0, 0.1) is 0 Å². The Kier molecular flexibility index (Phi) is 3.23. The third kappa shape index (κ3) is 2.13. The van der Waals surface area contributed by atoms with Crippen molar-refractivity contribution < 1.29 is 4.74 Å². The first-order valence-corrected chi connectivity index (χ1v) is 5.38. The second-order valence-electron chi connectivity index (χ2n) is 3.97. The molecule has 1 aromatic heterocycles. The second-order valence-corrected chi connectivity index (χ2v) is 3.97. The molecule has 1 fully saturated rings. The fourth-order valence-electron chi connectivity index (χ4n) is 2.07. The van der Waals surface area contributed by atoms with Crippen LogP contribution >= 0.6 is 0 Å². The number of hydrogen-bond donors (Lipinski definition) is 2. The molecule has 2 atom stereocenters. The molecular formula is C10H18N4O. The summed E-state index contributed by atoms with van der Waals surface area (Å²) in [4.78, 5) is 2.30. The highest BCUT2D eigenvalue weighted by molar-refractivity contribution is 5.44. The zero-order chi connectivity index (χ0) is 10.7. The molecule has 84 valence electrons. The Morgan fingerprint density at radius 2 is 2.67 bits per heavy atom. The van der Waals surface area contributed by atoms with Crippen LogP contribution in [0.5, 0.6) is 0 Å². The Labute approximate surface area is 89.6 Å². The molecule has 2 rings (SSSR count). The largest absolute Gasteiger partial charge is 0.379 e. The number of aromatic amines is 1. The van der Waals surface area contributed by atoms with E-state index in [-0.39, 0.29) is 0 Å². The van der Waals surface area contributed by atoms with E-state index < -0.39 is 0 Å². The quantitative estimate of drug-likeness (QED) is 0.752. The SMILES string of the molecule is CC(CN)N(c1cn[nH]c1)C1CCOC1. The van der Waals surface area contributed by atoms with Crippen molar-refractivity contribution in [1.29, 1.82) is 0 Å². The average Bonchev–Trinajstić information content (AvgIpc) is 2.90. The highest BCUT2D eigenvalue weighted by atomic mass is 16.5. The lowest BCUT2D eigenvalue weighted by Gasteiger charge is -2.34. The van der Waals surface area contributed by atoms with Crippen LogP contribution in [-0.2, 0) is 4.74 Å². The summed E-state index contributed by atoms with van der Waals surface area (Å²) >= 11 is 0. The van der Waals surface area contributed by atoms with Crippen molar-refractivity contribution >= 4 is 5.69 Å². The van der Waals surface area contributed by atoms with E-state index in [9.17, 15) is 0 Å². The van der Waals surface area contributed by atoms with Gasteiger partial charge in [-0.05, 0) is 13.3 Å². The van der Waals surface area contributed by atoms with Crippen LogP contribution < -0.4 is 10.6 Å².